The molecule has 1 aliphatic rings. The molecular formula is C6H13NO3S. The Morgan fingerprint density at radius 1 is 1.55 bits per heavy atom. The highest BCUT2D eigenvalue weighted by Gasteiger charge is 2.24. The fourth-order valence-electron chi connectivity index (χ4n) is 1.01. The largest absolute Gasteiger partial charge is 0.377 e. The van der Waals surface area contributed by atoms with E-state index in [1.54, 1.807) is 4.90 Å². The van der Waals surface area contributed by atoms with E-state index in [1.165, 1.54) is 0 Å². The predicted molar refractivity (Wildman–Crippen MR) is 41.9 cm³/mol. The van der Waals surface area contributed by atoms with Crippen molar-refractivity contribution in [2.75, 3.05) is 25.1 Å². The van der Waals surface area contributed by atoms with Gasteiger partial charge in [-0.1, -0.05) is 0 Å². The minimum atomic E-state index is -3.04. The summed E-state index contributed by atoms with van der Waals surface area (Å²) >= 11 is 0. The molecule has 1 unspecified atom stereocenters. The van der Waals surface area contributed by atoms with Crippen molar-refractivity contribution in [1.29, 1.82) is 0 Å². The van der Waals surface area contributed by atoms with Crippen LogP contribution in [-0.4, -0.2) is 49.8 Å². The summed E-state index contributed by atoms with van der Waals surface area (Å²) < 4.78 is 21.4. The first-order chi connectivity index (χ1) is 4.99. The van der Waals surface area contributed by atoms with Crippen molar-refractivity contribution in [2.45, 2.75) is 12.6 Å². The summed E-state index contributed by atoms with van der Waals surface area (Å²) in [6, 6.07) is 0. The second-order valence-corrected chi connectivity index (χ2v) is 5.15. The number of aliphatic hydroxyl groups is 1. The summed E-state index contributed by atoms with van der Waals surface area (Å²) in [6.07, 6.45) is 1.40. The monoisotopic (exact) mass is 179 g/mol. The van der Waals surface area contributed by atoms with E-state index in [1.807, 2.05) is 0 Å². The number of nitrogens with zero attached hydrogens (tertiary/aromatic N) is 1. The molecule has 0 aliphatic carbocycles. The van der Waals surface area contributed by atoms with Gasteiger partial charge in [0.1, 0.15) is 6.23 Å². The molecule has 0 aromatic rings. The molecule has 11 heavy (non-hydrogen) atoms. The zero-order chi connectivity index (χ0) is 8.48. The lowest BCUT2D eigenvalue weighted by Gasteiger charge is -2.34. The maximum Gasteiger partial charge on any atom is 0.151 e. The van der Waals surface area contributed by atoms with Crippen molar-refractivity contribution >= 4 is 9.84 Å². The van der Waals surface area contributed by atoms with Gasteiger partial charge in [0, 0.05) is 19.3 Å². The molecule has 1 aliphatic heterocycles. The Hall–Kier alpha value is -0.130. The normalized spacial score (nSPS) is 22.7. The van der Waals surface area contributed by atoms with Gasteiger partial charge in [-0.25, -0.2) is 8.42 Å². The molecule has 0 radical (unpaired) electrons. The van der Waals surface area contributed by atoms with Gasteiger partial charge in [-0.3, -0.25) is 4.90 Å². The van der Waals surface area contributed by atoms with Crippen LogP contribution in [0.15, 0.2) is 0 Å². The third-order valence-corrected chi connectivity index (χ3v) is 2.67. The summed E-state index contributed by atoms with van der Waals surface area (Å²) in [7, 11) is -3.04. The lowest BCUT2D eigenvalue weighted by atomic mass is 10.2. The van der Waals surface area contributed by atoms with Crippen LogP contribution in [-0.2, 0) is 9.84 Å². The van der Waals surface area contributed by atoms with E-state index >= 15 is 0 Å². The Morgan fingerprint density at radius 3 is 2.36 bits per heavy atom. The molecule has 0 aromatic carbocycles. The summed E-state index contributed by atoms with van der Waals surface area (Å²) in [5.41, 5.74) is 0. The highest BCUT2D eigenvalue weighted by atomic mass is 32.2. The number of hydrogen-bond acceptors (Lipinski definition) is 4. The minimum Gasteiger partial charge on any atom is -0.377 e. The first-order valence-corrected chi connectivity index (χ1v) is 5.65. The predicted octanol–water partition coefficient (Wildman–Crippen LogP) is -0.945. The molecule has 0 spiro atoms. The van der Waals surface area contributed by atoms with Crippen molar-refractivity contribution in [3.05, 3.63) is 0 Å². The van der Waals surface area contributed by atoms with Crippen molar-refractivity contribution in [3.8, 4) is 0 Å². The molecule has 1 atom stereocenters. The Labute approximate surface area is 66.7 Å². The molecule has 0 bridgehead atoms. The molecule has 1 fully saturated rings. The summed E-state index contributed by atoms with van der Waals surface area (Å²) in [6.45, 7) is 1.63. The second kappa shape index (κ2) is 3.08. The van der Waals surface area contributed by atoms with Gasteiger partial charge < -0.3 is 5.11 Å². The smallest absolute Gasteiger partial charge is 0.151 e. The van der Waals surface area contributed by atoms with Gasteiger partial charge in [-0.2, -0.15) is 0 Å². The summed E-state index contributed by atoms with van der Waals surface area (Å²) in [5.74, 6) is -0.146. The zero-order valence-electron chi connectivity index (χ0n) is 6.52. The highest BCUT2D eigenvalue weighted by molar-refractivity contribution is 7.90. The molecule has 0 aromatic heterocycles. The molecule has 5 heteroatoms. The summed E-state index contributed by atoms with van der Waals surface area (Å²) in [5, 5.41) is 9.25. The molecule has 1 rings (SSSR count). The molecule has 66 valence electrons. The van der Waals surface area contributed by atoms with Crippen LogP contribution in [0.4, 0.5) is 0 Å². The Balaban J connectivity index is 2.36. The van der Waals surface area contributed by atoms with E-state index in [9.17, 15) is 13.5 Å². The average Bonchev–Trinajstić information content (AvgIpc) is 1.50. The maximum absolute atomic E-state index is 10.7. The molecule has 1 saturated heterocycles. The fraction of sp³-hybridized carbons (Fsp3) is 1.00. The van der Waals surface area contributed by atoms with E-state index in [4.69, 9.17) is 0 Å². The van der Waals surface area contributed by atoms with Gasteiger partial charge >= 0.3 is 0 Å². The summed E-state index contributed by atoms with van der Waals surface area (Å²) in [4.78, 5) is 1.75. The van der Waals surface area contributed by atoms with Crippen LogP contribution in [0.5, 0.6) is 0 Å². The van der Waals surface area contributed by atoms with E-state index in [2.05, 4.69) is 0 Å². The standard InChI is InChI=1S/C6H13NO3S/c1-11(9,10)5-6(8)7-3-2-4-7/h6,8H,2-5H2,1H3. The molecule has 4 nitrogen and oxygen atoms in total. The topological polar surface area (TPSA) is 57.6 Å². The SMILES string of the molecule is CS(=O)(=O)CC(O)N1CCC1. The third kappa shape index (κ3) is 2.76. The van der Waals surface area contributed by atoms with Crippen LogP contribution in [0, 0.1) is 0 Å². The lowest BCUT2D eigenvalue weighted by Crippen LogP contribution is -2.47. The zero-order valence-corrected chi connectivity index (χ0v) is 7.34. The molecule has 1 N–H and O–H groups in total. The van der Waals surface area contributed by atoms with Crippen molar-refractivity contribution < 1.29 is 13.5 Å². The number of likely N-dealkylation sites (tertiary alicyclic amines) is 1. The lowest BCUT2D eigenvalue weighted by molar-refractivity contribution is -0.0181. The number of aliphatic hydroxyl groups excluding tert-OH is 1. The minimum absolute atomic E-state index is 0.146. The van der Waals surface area contributed by atoms with Gasteiger partial charge in [0.2, 0.25) is 0 Å². The van der Waals surface area contributed by atoms with Crippen molar-refractivity contribution in [2.24, 2.45) is 0 Å². The van der Waals surface area contributed by atoms with Crippen LogP contribution >= 0.6 is 0 Å². The Bertz CT molecular complexity index is 220. The first kappa shape index (κ1) is 8.96. The van der Waals surface area contributed by atoms with Crippen LogP contribution < -0.4 is 0 Å². The van der Waals surface area contributed by atoms with Crippen molar-refractivity contribution in [1.82, 2.24) is 4.90 Å². The Kier molecular flexibility index (Phi) is 2.51. The van der Waals surface area contributed by atoms with Gasteiger partial charge in [0.25, 0.3) is 0 Å². The van der Waals surface area contributed by atoms with Crippen LogP contribution in [0.25, 0.3) is 0 Å². The van der Waals surface area contributed by atoms with E-state index in [0.29, 0.717) is 0 Å². The Morgan fingerprint density at radius 2 is 2.09 bits per heavy atom. The van der Waals surface area contributed by atoms with E-state index in [-0.39, 0.29) is 5.75 Å². The average molecular weight is 179 g/mol. The molecular weight excluding hydrogens is 166 g/mol. The first-order valence-electron chi connectivity index (χ1n) is 3.59. The number of rotatable bonds is 3. The second-order valence-electron chi connectivity index (χ2n) is 2.96. The third-order valence-electron chi connectivity index (χ3n) is 1.76. The molecule has 1 heterocycles. The fourth-order valence-corrected chi connectivity index (χ4v) is 1.77. The maximum atomic E-state index is 10.7. The van der Waals surface area contributed by atoms with Gasteiger partial charge in [0.15, 0.2) is 9.84 Å². The van der Waals surface area contributed by atoms with Crippen LogP contribution in [0.2, 0.25) is 0 Å². The van der Waals surface area contributed by atoms with Crippen molar-refractivity contribution in [3.63, 3.8) is 0 Å². The van der Waals surface area contributed by atoms with E-state index < -0.39 is 16.1 Å². The van der Waals surface area contributed by atoms with Gasteiger partial charge in [-0.15, -0.1) is 0 Å². The van der Waals surface area contributed by atoms with Crippen LogP contribution in [0.3, 0.4) is 0 Å². The highest BCUT2D eigenvalue weighted by Crippen LogP contribution is 2.10. The number of sulfone groups is 1. The number of hydrogen-bond donors (Lipinski definition) is 1. The van der Waals surface area contributed by atoms with Gasteiger partial charge in [0.05, 0.1) is 5.75 Å². The quantitative estimate of drug-likeness (QED) is 0.607. The van der Waals surface area contributed by atoms with Crippen LogP contribution in [0.1, 0.15) is 6.42 Å². The molecule has 0 amide bonds. The molecule has 0 saturated carbocycles. The van der Waals surface area contributed by atoms with Gasteiger partial charge in [-0.05, 0) is 6.42 Å². The van der Waals surface area contributed by atoms with E-state index in [0.717, 1.165) is 25.8 Å².